The van der Waals surface area contributed by atoms with Crippen LogP contribution in [0.25, 0.3) is 0 Å². The molecule has 22 heavy (non-hydrogen) atoms. The minimum absolute atomic E-state index is 0.499. The summed E-state index contributed by atoms with van der Waals surface area (Å²) in [5, 5.41) is 10.7. The Kier molecular flexibility index (Phi) is 6.71. The van der Waals surface area contributed by atoms with Gasteiger partial charge in [0, 0.05) is 38.3 Å². The second kappa shape index (κ2) is 8.78. The van der Waals surface area contributed by atoms with E-state index in [1.54, 1.807) is 6.26 Å². The van der Waals surface area contributed by atoms with Gasteiger partial charge in [-0.05, 0) is 25.7 Å². The highest BCUT2D eigenvalue weighted by Crippen LogP contribution is 2.12. The fourth-order valence-electron chi connectivity index (χ4n) is 2.77. The lowest BCUT2D eigenvalue weighted by atomic mass is 10.0. The maximum Gasteiger partial charge on any atom is 0.191 e. The number of nitrogens with zero attached hydrogens (tertiary/aromatic N) is 3. The Balaban J connectivity index is 1.80. The topological polar surface area (TPSA) is 65.7 Å². The molecule has 0 aromatic carbocycles. The first kappa shape index (κ1) is 16.8. The van der Waals surface area contributed by atoms with Crippen LogP contribution in [0.15, 0.2) is 21.8 Å². The summed E-state index contributed by atoms with van der Waals surface area (Å²) in [6.45, 7) is 11.6. The molecule has 2 heterocycles. The van der Waals surface area contributed by atoms with E-state index in [4.69, 9.17) is 4.52 Å². The molecule has 2 rings (SSSR count). The Morgan fingerprint density at radius 1 is 1.45 bits per heavy atom. The molecule has 1 aromatic heterocycles. The number of aromatic nitrogens is 1. The van der Waals surface area contributed by atoms with Crippen LogP contribution in [0.2, 0.25) is 0 Å². The number of aliphatic imine (C=N–C) groups is 1. The van der Waals surface area contributed by atoms with Gasteiger partial charge in [0.2, 0.25) is 0 Å². The van der Waals surface area contributed by atoms with E-state index in [1.165, 1.54) is 32.5 Å². The highest BCUT2D eigenvalue weighted by atomic mass is 16.5. The molecule has 0 radical (unpaired) electrons. The molecule has 0 bridgehead atoms. The van der Waals surface area contributed by atoms with E-state index in [-0.39, 0.29) is 0 Å². The quantitative estimate of drug-likeness (QED) is 0.620. The lowest BCUT2D eigenvalue weighted by Crippen LogP contribution is -2.49. The Labute approximate surface area is 133 Å². The van der Waals surface area contributed by atoms with Crippen molar-refractivity contribution in [2.45, 2.75) is 46.2 Å². The number of nitrogens with one attached hydrogen (secondary N) is 2. The van der Waals surface area contributed by atoms with Crippen molar-refractivity contribution in [1.82, 2.24) is 20.7 Å². The van der Waals surface area contributed by atoms with Gasteiger partial charge in [-0.3, -0.25) is 0 Å². The lowest BCUT2D eigenvalue weighted by molar-refractivity contribution is 0.187. The normalized spacial score (nSPS) is 17.9. The average Bonchev–Trinajstić information content (AvgIpc) is 3.00. The van der Waals surface area contributed by atoms with Crippen LogP contribution in [0.1, 0.15) is 39.3 Å². The molecule has 6 nitrogen and oxygen atoms in total. The van der Waals surface area contributed by atoms with Crippen LogP contribution in [0, 0.1) is 5.92 Å². The van der Waals surface area contributed by atoms with Crippen LogP contribution in [0.4, 0.5) is 0 Å². The van der Waals surface area contributed by atoms with Crippen LogP contribution in [-0.2, 0) is 6.54 Å². The molecule has 0 aliphatic carbocycles. The third-order valence-electron chi connectivity index (χ3n) is 3.79. The molecule has 0 atom stereocenters. The zero-order valence-electron chi connectivity index (χ0n) is 14.0. The summed E-state index contributed by atoms with van der Waals surface area (Å²) in [6.07, 6.45) is 3.91. The molecule has 0 saturated carbocycles. The van der Waals surface area contributed by atoms with E-state index < -0.39 is 0 Å². The Hall–Kier alpha value is -1.56. The molecular weight excluding hydrogens is 278 g/mol. The molecule has 1 aliphatic rings. The van der Waals surface area contributed by atoms with Crippen LogP contribution in [-0.4, -0.2) is 48.2 Å². The van der Waals surface area contributed by atoms with Crippen LogP contribution < -0.4 is 10.6 Å². The van der Waals surface area contributed by atoms with Gasteiger partial charge in [0.1, 0.15) is 12.0 Å². The van der Waals surface area contributed by atoms with Gasteiger partial charge in [0.15, 0.2) is 5.96 Å². The molecule has 2 N–H and O–H groups in total. The molecule has 1 aromatic rings. The minimum Gasteiger partial charge on any atom is -0.364 e. The Morgan fingerprint density at radius 2 is 2.23 bits per heavy atom. The van der Waals surface area contributed by atoms with Gasteiger partial charge in [-0.25, -0.2) is 4.99 Å². The average molecular weight is 307 g/mol. The summed E-state index contributed by atoms with van der Waals surface area (Å²) in [7, 11) is 0. The van der Waals surface area contributed by atoms with E-state index in [0.717, 1.165) is 24.1 Å². The second-order valence-corrected chi connectivity index (χ2v) is 6.30. The summed E-state index contributed by atoms with van der Waals surface area (Å²) in [5.74, 6) is 1.61. The van der Waals surface area contributed by atoms with Crippen LogP contribution in [0.5, 0.6) is 0 Å². The first-order chi connectivity index (χ1) is 10.7. The summed E-state index contributed by atoms with van der Waals surface area (Å²) in [6, 6.07) is 2.34. The molecule has 0 amide bonds. The van der Waals surface area contributed by atoms with Crippen molar-refractivity contribution in [2.24, 2.45) is 10.9 Å². The number of likely N-dealkylation sites (tertiary alicyclic amines) is 1. The smallest absolute Gasteiger partial charge is 0.191 e. The third kappa shape index (κ3) is 5.67. The summed E-state index contributed by atoms with van der Waals surface area (Å²) >= 11 is 0. The number of hydrogen-bond donors (Lipinski definition) is 2. The number of piperidine rings is 1. The van der Waals surface area contributed by atoms with Gasteiger partial charge in [0.05, 0.1) is 6.54 Å². The minimum atomic E-state index is 0.499. The molecule has 0 unspecified atom stereocenters. The fourth-order valence-corrected chi connectivity index (χ4v) is 2.77. The van der Waals surface area contributed by atoms with Crippen molar-refractivity contribution < 1.29 is 4.52 Å². The second-order valence-electron chi connectivity index (χ2n) is 6.30. The lowest BCUT2D eigenvalue weighted by Gasteiger charge is -2.34. The monoisotopic (exact) mass is 307 g/mol. The third-order valence-corrected chi connectivity index (χ3v) is 3.79. The van der Waals surface area contributed by atoms with Crippen LogP contribution in [0.3, 0.4) is 0 Å². The number of rotatable bonds is 6. The molecule has 0 spiro atoms. The van der Waals surface area contributed by atoms with Crippen molar-refractivity contribution in [3.8, 4) is 0 Å². The number of hydrogen-bond acceptors (Lipinski definition) is 4. The molecule has 6 heteroatoms. The number of guanidine groups is 1. The van der Waals surface area contributed by atoms with Crippen molar-refractivity contribution in [1.29, 1.82) is 0 Å². The van der Waals surface area contributed by atoms with Gasteiger partial charge < -0.3 is 20.1 Å². The van der Waals surface area contributed by atoms with E-state index in [0.29, 0.717) is 12.6 Å². The van der Waals surface area contributed by atoms with Gasteiger partial charge >= 0.3 is 0 Å². The van der Waals surface area contributed by atoms with Crippen molar-refractivity contribution in [3.05, 3.63) is 18.0 Å². The predicted molar refractivity (Wildman–Crippen MR) is 88.8 cm³/mol. The van der Waals surface area contributed by atoms with E-state index >= 15 is 0 Å². The van der Waals surface area contributed by atoms with Gasteiger partial charge in [-0.1, -0.05) is 19.0 Å². The van der Waals surface area contributed by atoms with Gasteiger partial charge in [-0.15, -0.1) is 0 Å². The summed E-state index contributed by atoms with van der Waals surface area (Å²) < 4.78 is 4.83. The first-order valence-corrected chi connectivity index (χ1v) is 8.33. The molecule has 124 valence electrons. The maximum atomic E-state index is 4.83. The first-order valence-electron chi connectivity index (χ1n) is 8.33. The maximum absolute atomic E-state index is 4.83. The van der Waals surface area contributed by atoms with Gasteiger partial charge in [-0.2, -0.15) is 0 Å². The largest absolute Gasteiger partial charge is 0.364 e. The van der Waals surface area contributed by atoms with Crippen molar-refractivity contribution in [3.63, 3.8) is 0 Å². The van der Waals surface area contributed by atoms with E-state index in [1.807, 2.05) is 6.07 Å². The van der Waals surface area contributed by atoms with Crippen LogP contribution >= 0.6 is 0 Å². The van der Waals surface area contributed by atoms with Crippen molar-refractivity contribution >= 4 is 5.96 Å². The highest BCUT2D eigenvalue weighted by Gasteiger charge is 2.20. The molecule has 1 fully saturated rings. The summed E-state index contributed by atoms with van der Waals surface area (Å²) in [4.78, 5) is 7.13. The highest BCUT2D eigenvalue weighted by molar-refractivity contribution is 5.80. The SMILES string of the molecule is CCNC(=NCc1ccon1)NC1CCN(CC(C)C)CC1. The predicted octanol–water partition coefficient (Wildman–Crippen LogP) is 1.85. The zero-order chi connectivity index (χ0) is 15.8. The molecule has 1 aliphatic heterocycles. The molecule has 1 saturated heterocycles. The van der Waals surface area contributed by atoms with Gasteiger partial charge in [0.25, 0.3) is 0 Å². The fraction of sp³-hybridized carbons (Fsp3) is 0.750. The van der Waals surface area contributed by atoms with E-state index in [2.05, 4.69) is 46.5 Å². The Morgan fingerprint density at radius 3 is 2.82 bits per heavy atom. The zero-order valence-corrected chi connectivity index (χ0v) is 14.0. The standard InChI is InChI=1S/C16H29N5O/c1-4-17-16(18-11-15-7-10-22-20-15)19-14-5-8-21(9-6-14)12-13(2)3/h7,10,13-14H,4-6,8-9,11-12H2,1-3H3,(H2,17,18,19). The van der Waals surface area contributed by atoms with E-state index in [9.17, 15) is 0 Å². The van der Waals surface area contributed by atoms with Crippen molar-refractivity contribution in [2.75, 3.05) is 26.2 Å². The summed E-state index contributed by atoms with van der Waals surface area (Å²) in [5.41, 5.74) is 0.851. The Bertz CT molecular complexity index is 435. The molecular formula is C16H29N5O.